The Morgan fingerprint density at radius 2 is 2.08 bits per heavy atom. The molecule has 24 heavy (non-hydrogen) atoms. The van der Waals surface area contributed by atoms with Gasteiger partial charge in [0.1, 0.15) is 5.76 Å². The number of aromatic nitrogens is 1. The Morgan fingerprint density at radius 1 is 1.25 bits per heavy atom. The quantitative estimate of drug-likeness (QED) is 0.851. The van der Waals surface area contributed by atoms with Crippen LogP contribution in [0.1, 0.15) is 55.5 Å². The van der Waals surface area contributed by atoms with Gasteiger partial charge in [0.25, 0.3) is 0 Å². The molecule has 5 nitrogen and oxygen atoms in total. The summed E-state index contributed by atoms with van der Waals surface area (Å²) in [6.07, 6.45) is 6.97. The minimum atomic E-state index is 0.316. The van der Waals surface area contributed by atoms with Crippen LogP contribution in [-0.4, -0.2) is 47.0 Å². The third kappa shape index (κ3) is 3.23. The summed E-state index contributed by atoms with van der Waals surface area (Å²) in [6.45, 7) is 9.13. The zero-order chi connectivity index (χ0) is 16.7. The first kappa shape index (κ1) is 16.1. The van der Waals surface area contributed by atoms with Gasteiger partial charge in [-0.3, -0.25) is 9.69 Å². The summed E-state index contributed by atoms with van der Waals surface area (Å²) in [6, 6.07) is 0. The summed E-state index contributed by atoms with van der Waals surface area (Å²) in [7, 11) is 0. The average Bonchev–Trinajstić information content (AvgIpc) is 3.21. The molecule has 3 fully saturated rings. The first-order valence-corrected chi connectivity index (χ1v) is 9.47. The van der Waals surface area contributed by atoms with Crippen LogP contribution in [0.5, 0.6) is 0 Å². The molecule has 1 aliphatic carbocycles. The Balaban J connectivity index is 1.38. The molecule has 2 saturated heterocycles. The van der Waals surface area contributed by atoms with Crippen molar-refractivity contribution in [1.29, 1.82) is 0 Å². The highest BCUT2D eigenvalue weighted by molar-refractivity contribution is 5.77. The SMILES string of the molecule is Cc1noc(C)c1CN1CCC[C@@]2(CCN(C(=O)CC3CC3)C2)C1. The Bertz CT molecular complexity index is 603. The van der Waals surface area contributed by atoms with Crippen LogP contribution in [0.4, 0.5) is 0 Å². The topological polar surface area (TPSA) is 49.6 Å². The van der Waals surface area contributed by atoms with E-state index in [9.17, 15) is 4.79 Å². The molecule has 0 unspecified atom stereocenters. The molecule has 132 valence electrons. The fourth-order valence-corrected chi connectivity index (χ4v) is 4.58. The van der Waals surface area contributed by atoms with Crippen LogP contribution >= 0.6 is 0 Å². The number of piperidine rings is 1. The van der Waals surface area contributed by atoms with Crippen LogP contribution in [0.3, 0.4) is 0 Å². The van der Waals surface area contributed by atoms with Crippen molar-refractivity contribution in [2.24, 2.45) is 11.3 Å². The molecule has 3 aliphatic rings. The van der Waals surface area contributed by atoms with E-state index in [-0.39, 0.29) is 0 Å². The van der Waals surface area contributed by atoms with Gasteiger partial charge in [-0.15, -0.1) is 0 Å². The van der Waals surface area contributed by atoms with Crippen molar-refractivity contribution in [2.45, 2.75) is 58.9 Å². The molecule has 4 rings (SSSR count). The smallest absolute Gasteiger partial charge is 0.222 e. The molecule has 1 saturated carbocycles. The molecule has 0 N–H and O–H groups in total. The van der Waals surface area contributed by atoms with E-state index in [1.807, 2.05) is 13.8 Å². The minimum absolute atomic E-state index is 0.316. The van der Waals surface area contributed by atoms with Crippen LogP contribution in [0, 0.1) is 25.2 Å². The highest BCUT2D eigenvalue weighted by Gasteiger charge is 2.43. The lowest BCUT2D eigenvalue weighted by Crippen LogP contribution is -2.45. The summed E-state index contributed by atoms with van der Waals surface area (Å²) in [5.74, 6) is 2.04. The number of aryl methyl sites for hydroxylation is 2. The van der Waals surface area contributed by atoms with E-state index in [2.05, 4.69) is 15.0 Å². The zero-order valence-corrected chi connectivity index (χ0v) is 15.0. The fourth-order valence-electron chi connectivity index (χ4n) is 4.58. The van der Waals surface area contributed by atoms with Gasteiger partial charge in [-0.05, 0) is 58.4 Å². The Kier molecular flexibility index (Phi) is 4.15. The molecule has 1 atom stereocenters. The highest BCUT2D eigenvalue weighted by atomic mass is 16.5. The second-order valence-electron chi connectivity index (χ2n) is 8.33. The van der Waals surface area contributed by atoms with Gasteiger partial charge < -0.3 is 9.42 Å². The first-order valence-electron chi connectivity index (χ1n) is 9.47. The maximum atomic E-state index is 12.4. The molecular weight excluding hydrogens is 302 g/mol. The van der Waals surface area contributed by atoms with E-state index in [1.165, 1.54) is 37.7 Å². The Labute approximate surface area is 144 Å². The molecule has 1 spiro atoms. The van der Waals surface area contributed by atoms with Gasteiger partial charge >= 0.3 is 0 Å². The van der Waals surface area contributed by atoms with Gasteiger partial charge in [0.05, 0.1) is 5.69 Å². The standard InChI is InChI=1S/C19H29N3O2/c1-14-17(15(2)24-20-14)11-21-8-3-6-19(12-21)7-9-22(13-19)18(23)10-16-4-5-16/h16H,3-13H2,1-2H3/t19-/m1/s1. The van der Waals surface area contributed by atoms with Gasteiger partial charge in [0.2, 0.25) is 5.91 Å². The molecule has 1 amide bonds. The largest absolute Gasteiger partial charge is 0.361 e. The molecule has 2 aliphatic heterocycles. The van der Waals surface area contributed by atoms with E-state index < -0.39 is 0 Å². The van der Waals surface area contributed by atoms with Crippen LogP contribution in [0.25, 0.3) is 0 Å². The predicted octanol–water partition coefficient (Wildman–Crippen LogP) is 2.91. The van der Waals surface area contributed by atoms with Crippen molar-refractivity contribution in [3.8, 4) is 0 Å². The first-order chi connectivity index (χ1) is 11.5. The molecule has 1 aromatic rings. The monoisotopic (exact) mass is 331 g/mol. The van der Waals surface area contributed by atoms with E-state index in [0.717, 1.165) is 50.6 Å². The maximum Gasteiger partial charge on any atom is 0.222 e. The molecule has 0 bridgehead atoms. The second kappa shape index (κ2) is 6.17. The van der Waals surface area contributed by atoms with Gasteiger partial charge in [0.15, 0.2) is 0 Å². The number of hydrogen-bond donors (Lipinski definition) is 0. The molecule has 0 radical (unpaired) electrons. The highest BCUT2D eigenvalue weighted by Crippen LogP contribution is 2.41. The van der Waals surface area contributed by atoms with Gasteiger partial charge in [-0.1, -0.05) is 5.16 Å². The predicted molar refractivity (Wildman–Crippen MR) is 91.5 cm³/mol. The number of likely N-dealkylation sites (tertiary alicyclic amines) is 2. The average molecular weight is 331 g/mol. The van der Waals surface area contributed by atoms with E-state index in [0.29, 0.717) is 17.2 Å². The third-order valence-electron chi connectivity index (χ3n) is 6.25. The van der Waals surface area contributed by atoms with Crippen molar-refractivity contribution < 1.29 is 9.32 Å². The summed E-state index contributed by atoms with van der Waals surface area (Å²) in [5, 5.41) is 4.08. The number of nitrogens with zero attached hydrogens (tertiary/aromatic N) is 3. The van der Waals surface area contributed by atoms with E-state index in [1.54, 1.807) is 0 Å². The van der Waals surface area contributed by atoms with Crippen LogP contribution < -0.4 is 0 Å². The lowest BCUT2D eigenvalue weighted by Gasteiger charge is -2.40. The summed E-state index contributed by atoms with van der Waals surface area (Å²) < 4.78 is 5.32. The summed E-state index contributed by atoms with van der Waals surface area (Å²) in [5.41, 5.74) is 2.57. The molecule has 5 heteroatoms. The molecule has 1 aromatic heterocycles. The maximum absolute atomic E-state index is 12.4. The lowest BCUT2D eigenvalue weighted by atomic mass is 9.79. The summed E-state index contributed by atoms with van der Waals surface area (Å²) in [4.78, 5) is 17.1. The lowest BCUT2D eigenvalue weighted by molar-refractivity contribution is -0.131. The number of carbonyl (C=O) groups is 1. The van der Waals surface area contributed by atoms with Crippen molar-refractivity contribution in [1.82, 2.24) is 15.0 Å². The van der Waals surface area contributed by atoms with Gasteiger partial charge in [-0.25, -0.2) is 0 Å². The van der Waals surface area contributed by atoms with Gasteiger partial charge in [0, 0.05) is 43.6 Å². The number of carbonyl (C=O) groups excluding carboxylic acids is 1. The van der Waals surface area contributed by atoms with Crippen LogP contribution in [-0.2, 0) is 11.3 Å². The fraction of sp³-hybridized carbons (Fsp3) is 0.789. The van der Waals surface area contributed by atoms with Crippen molar-refractivity contribution in [2.75, 3.05) is 26.2 Å². The van der Waals surface area contributed by atoms with E-state index in [4.69, 9.17) is 4.52 Å². The molecule has 0 aromatic carbocycles. The van der Waals surface area contributed by atoms with Crippen molar-refractivity contribution in [3.63, 3.8) is 0 Å². The minimum Gasteiger partial charge on any atom is -0.361 e. The van der Waals surface area contributed by atoms with Crippen molar-refractivity contribution >= 4 is 5.91 Å². The normalized spacial score (nSPS) is 28.0. The van der Waals surface area contributed by atoms with Crippen LogP contribution in [0.15, 0.2) is 4.52 Å². The molecular formula is C19H29N3O2. The zero-order valence-electron chi connectivity index (χ0n) is 15.0. The van der Waals surface area contributed by atoms with Crippen molar-refractivity contribution in [3.05, 3.63) is 17.0 Å². The third-order valence-corrected chi connectivity index (χ3v) is 6.25. The van der Waals surface area contributed by atoms with E-state index >= 15 is 0 Å². The number of amides is 1. The molecule has 3 heterocycles. The second-order valence-corrected chi connectivity index (χ2v) is 8.33. The number of hydrogen-bond acceptors (Lipinski definition) is 4. The van der Waals surface area contributed by atoms with Gasteiger partial charge in [-0.2, -0.15) is 0 Å². The van der Waals surface area contributed by atoms with Crippen LogP contribution in [0.2, 0.25) is 0 Å². The number of rotatable bonds is 4. The summed E-state index contributed by atoms with van der Waals surface area (Å²) >= 11 is 0. The Hall–Kier alpha value is -1.36. The Morgan fingerprint density at radius 3 is 2.79 bits per heavy atom.